The fourth-order valence-corrected chi connectivity index (χ4v) is 4.06. The molecule has 0 atom stereocenters. The van der Waals surface area contributed by atoms with E-state index in [9.17, 15) is 4.39 Å². The van der Waals surface area contributed by atoms with Gasteiger partial charge in [0, 0.05) is 44.2 Å². The van der Waals surface area contributed by atoms with Gasteiger partial charge in [-0.1, -0.05) is 31.1 Å². The van der Waals surface area contributed by atoms with E-state index in [0.717, 1.165) is 74.8 Å². The van der Waals surface area contributed by atoms with Crippen LogP contribution in [0.15, 0.2) is 39.8 Å². The Labute approximate surface area is 185 Å². The van der Waals surface area contributed by atoms with Crippen LogP contribution < -0.4 is 10.6 Å². The Morgan fingerprint density at radius 2 is 1.90 bits per heavy atom. The number of guanidine groups is 1. The molecule has 170 valence electrons. The molecule has 7 heteroatoms. The number of halogens is 1. The fourth-order valence-electron chi connectivity index (χ4n) is 4.06. The summed E-state index contributed by atoms with van der Waals surface area (Å²) in [5, 5.41) is 11.1. The molecule has 0 aliphatic carbocycles. The molecular formula is C24H36FN5O. The van der Waals surface area contributed by atoms with E-state index >= 15 is 0 Å². The summed E-state index contributed by atoms with van der Waals surface area (Å²) < 4.78 is 18.6. The van der Waals surface area contributed by atoms with Crippen molar-refractivity contribution in [3.8, 4) is 0 Å². The van der Waals surface area contributed by atoms with Crippen molar-refractivity contribution in [1.29, 1.82) is 0 Å². The summed E-state index contributed by atoms with van der Waals surface area (Å²) in [7, 11) is 0. The maximum atomic E-state index is 13.1. The molecule has 1 saturated heterocycles. The van der Waals surface area contributed by atoms with Crippen LogP contribution >= 0.6 is 0 Å². The summed E-state index contributed by atoms with van der Waals surface area (Å²) in [6.45, 7) is 10.6. The molecule has 31 heavy (non-hydrogen) atoms. The number of likely N-dealkylation sites (tertiary alicyclic amines) is 1. The molecule has 0 unspecified atom stereocenters. The number of piperidine rings is 1. The van der Waals surface area contributed by atoms with Crippen LogP contribution in [-0.4, -0.2) is 41.7 Å². The average molecular weight is 430 g/mol. The smallest absolute Gasteiger partial charge is 0.191 e. The SMILES string of the molecule is CCNC(=NCc1cc(C(CC)CC)no1)NC1CCN(Cc2ccc(F)cc2)CC1. The van der Waals surface area contributed by atoms with Gasteiger partial charge in [0.25, 0.3) is 0 Å². The molecule has 1 aromatic carbocycles. The van der Waals surface area contributed by atoms with Crippen LogP contribution in [0.4, 0.5) is 4.39 Å². The van der Waals surface area contributed by atoms with Crippen LogP contribution in [0.2, 0.25) is 0 Å². The predicted molar refractivity (Wildman–Crippen MR) is 122 cm³/mol. The number of nitrogens with one attached hydrogen (secondary N) is 2. The largest absolute Gasteiger partial charge is 0.359 e. The Balaban J connectivity index is 1.49. The zero-order chi connectivity index (χ0) is 22.1. The van der Waals surface area contributed by atoms with Crippen LogP contribution in [0.1, 0.15) is 69.4 Å². The fraction of sp³-hybridized carbons (Fsp3) is 0.583. The summed E-state index contributed by atoms with van der Waals surface area (Å²) in [4.78, 5) is 7.13. The van der Waals surface area contributed by atoms with Crippen molar-refractivity contribution in [2.24, 2.45) is 4.99 Å². The lowest BCUT2D eigenvalue weighted by Gasteiger charge is -2.33. The van der Waals surface area contributed by atoms with Crippen molar-refractivity contribution in [2.45, 2.75) is 71.5 Å². The topological polar surface area (TPSA) is 65.7 Å². The lowest BCUT2D eigenvalue weighted by Crippen LogP contribution is -2.48. The summed E-state index contributed by atoms with van der Waals surface area (Å²) in [6, 6.07) is 9.23. The molecule has 1 aliphatic rings. The maximum absolute atomic E-state index is 13.1. The summed E-state index contributed by atoms with van der Waals surface area (Å²) in [5.74, 6) is 1.89. The van der Waals surface area contributed by atoms with E-state index < -0.39 is 0 Å². The molecule has 1 fully saturated rings. The molecular weight excluding hydrogens is 393 g/mol. The van der Waals surface area contributed by atoms with Gasteiger partial charge in [-0.25, -0.2) is 9.38 Å². The zero-order valence-electron chi connectivity index (χ0n) is 19.0. The standard InChI is InChI=1S/C24H36FN5O/c1-4-19(5-2)23-15-22(31-29-23)16-27-24(26-6-3)28-21-11-13-30(14-12-21)17-18-7-9-20(25)10-8-18/h7-10,15,19,21H,4-6,11-14,16-17H2,1-3H3,(H2,26,27,28). The third kappa shape index (κ3) is 7.06. The highest BCUT2D eigenvalue weighted by atomic mass is 19.1. The molecule has 0 spiro atoms. The maximum Gasteiger partial charge on any atom is 0.191 e. The summed E-state index contributed by atoms with van der Waals surface area (Å²) >= 11 is 0. The van der Waals surface area contributed by atoms with Crippen LogP contribution in [0.25, 0.3) is 0 Å². The third-order valence-corrected chi connectivity index (χ3v) is 5.97. The van der Waals surface area contributed by atoms with E-state index in [1.54, 1.807) is 0 Å². The van der Waals surface area contributed by atoms with Crippen molar-refractivity contribution in [2.75, 3.05) is 19.6 Å². The van der Waals surface area contributed by atoms with Gasteiger partial charge < -0.3 is 15.2 Å². The van der Waals surface area contributed by atoms with E-state index in [1.807, 2.05) is 18.2 Å². The monoisotopic (exact) mass is 429 g/mol. The Morgan fingerprint density at radius 1 is 1.19 bits per heavy atom. The Morgan fingerprint density at radius 3 is 2.55 bits per heavy atom. The highest BCUT2D eigenvalue weighted by molar-refractivity contribution is 5.80. The Hall–Kier alpha value is -2.41. The Bertz CT molecular complexity index is 808. The lowest BCUT2D eigenvalue weighted by molar-refractivity contribution is 0.198. The molecule has 0 saturated carbocycles. The molecule has 3 rings (SSSR count). The van der Waals surface area contributed by atoms with Crippen LogP contribution in [0, 0.1) is 5.82 Å². The van der Waals surface area contributed by atoms with Crippen molar-refractivity contribution in [3.63, 3.8) is 0 Å². The van der Waals surface area contributed by atoms with Crippen LogP contribution in [0.3, 0.4) is 0 Å². The zero-order valence-corrected chi connectivity index (χ0v) is 19.0. The van der Waals surface area contributed by atoms with Crippen molar-refractivity contribution in [1.82, 2.24) is 20.7 Å². The van der Waals surface area contributed by atoms with E-state index in [1.165, 1.54) is 12.1 Å². The summed E-state index contributed by atoms with van der Waals surface area (Å²) in [6.07, 6.45) is 4.23. The first-order valence-corrected chi connectivity index (χ1v) is 11.6. The number of rotatable bonds is 9. The number of hydrogen-bond acceptors (Lipinski definition) is 4. The molecule has 2 N–H and O–H groups in total. The average Bonchev–Trinajstić information content (AvgIpc) is 3.25. The Kier molecular flexibility index (Phi) is 8.88. The van der Waals surface area contributed by atoms with E-state index in [-0.39, 0.29) is 5.82 Å². The first-order chi connectivity index (χ1) is 15.1. The van der Waals surface area contributed by atoms with E-state index in [4.69, 9.17) is 9.52 Å². The third-order valence-electron chi connectivity index (χ3n) is 5.97. The van der Waals surface area contributed by atoms with Crippen LogP contribution in [0.5, 0.6) is 0 Å². The van der Waals surface area contributed by atoms with Crippen molar-refractivity contribution in [3.05, 3.63) is 53.2 Å². The molecule has 1 aliphatic heterocycles. The second-order valence-electron chi connectivity index (χ2n) is 8.25. The number of hydrogen-bond donors (Lipinski definition) is 2. The number of aliphatic imine (C=N–C) groups is 1. The van der Waals surface area contributed by atoms with Gasteiger partial charge in [-0.3, -0.25) is 4.90 Å². The van der Waals surface area contributed by atoms with Crippen molar-refractivity contribution >= 4 is 5.96 Å². The van der Waals surface area contributed by atoms with E-state index in [0.29, 0.717) is 18.5 Å². The molecule has 0 bridgehead atoms. The second-order valence-corrected chi connectivity index (χ2v) is 8.25. The lowest BCUT2D eigenvalue weighted by atomic mass is 9.99. The van der Waals surface area contributed by atoms with E-state index in [2.05, 4.69) is 41.5 Å². The quantitative estimate of drug-likeness (QED) is 0.456. The minimum Gasteiger partial charge on any atom is -0.359 e. The van der Waals surface area contributed by atoms with Gasteiger partial charge >= 0.3 is 0 Å². The summed E-state index contributed by atoms with van der Waals surface area (Å²) in [5.41, 5.74) is 2.18. The normalized spacial score (nSPS) is 16.1. The highest BCUT2D eigenvalue weighted by Gasteiger charge is 2.20. The number of aromatic nitrogens is 1. The molecule has 2 aromatic rings. The van der Waals surface area contributed by atoms with Crippen LogP contribution in [-0.2, 0) is 13.1 Å². The minimum atomic E-state index is -0.181. The molecule has 1 aromatic heterocycles. The van der Waals surface area contributed by atoms with Gasteiger partial charge in [0.05, 0.1) is 5.69 Å². The minimum absolute atomic E-state index is 0.181. The van der Waals surface area contributed by atoms with Gasteiger partial charge in [0.1, 0.15) is 12.4 Å². The molecule has 0 radical (unpaired) electrons. The van der Waals surface area contributed by atoms with Gasteiger partial charge in [-0.2, -0.15) is 0 Å². The molecule has 0 amide bonds. The molecule has 2 heterocycles. The number of benzene rings is 1. The van der Waals surface area contributed by atoms with Gasteiger partial charge in [0.15, 0.2) is 11.7 Å². The predicted octanol–water partition coefficient (Wildman–Crippen LogP) is 4.44. The second kappa shape index (κ2) is 11.8. The highest BCUT2D eigenvalue weighted by Crippen LogP contribution is 2.22. The van der Waals surface area contributed by atoms with Gasteiger partial charge in [-0.15, -0.1) is 0 Å². The molecule has 6 nitrogen and oxygen atoms in total. The van der Waals surface area contributed by atoms with Gasteiger partial charge in [0.2, 0.25) is 0 Å². The first kappa shape index (κ1) is 23.3. The van der Waals surface area contributed by atoms with Gasteiger partial charge in [-0.05, 0) is 50.3 Å². The van der Waals surface area contributed by atoms with Crippen molar-refractivity contribution < 1.29 is 8.91 Å². The first-order valence-electron chi connectivity index (χ1n) is 11.6. The number of nitrogens with zero attached hydrogens (tertiary/aromatic N) is 3.